The van der Waals surface area contributed by atoms with Crippen LogP contribution in [0.5, 0.6) is 0 Å². The van der Waals surface area contributed by atoms with Crippen LogP contribution in [0.15, 0.2) is 42.0 Å². The first-order valence-electron chi connectivity index (χ1n) is 8.03. The van der Waals surface area contributed by atoms with Gasteiger partial charge in [0.15, 0.2) is 5.78 Å². The van der Waals surface area contributed by atoms with Crippen LogP contribution in [0.2, 0.25) is 0 Å². The lowest BCUT2D eigenvalue weighted by Crippen LogP contribution is -2.30. The Morgan fingerprint density at radius 2 is 1.92 bits per heavy atom. The molecule has 2 aromatic carbocycles. The van der Waals surface area contributed by atoms with Crippen LogP contribution in [-0.2, 0) is 18.4 Å². The van der Waals surface area contributed by atoms with Gasteiger partial charge in [-0.3, -0.25) is 4.79 Å². The molecule has 2 aliphatic carbocycles. The van der Waals surface area contributed by atoms with E-state index in [2.05, 4.69) is 19.9 Å². The van der Waals surface area contributed by atoms with Crippen molar-refractivity contribution in [3.8, 4) is 6.07 Å². The number of aliphatic hydroxyl groups is 1. The van der Waals surface area contributed by atoms with Crippen LogP contribution in [0.4, 0.5) is 0 Å². The number of carbonyl (C=O) groups excluding carboxylic acids is 1. The van der Waals surface area contributed by atoms with Crippen molar-refractivity contribution in [1.29, 1.82) is 5.26 Å². The minimum atomic E-state index is -0.282. The molecule has 0 saturated carbocycles. The Morgan fingerprint density at radius 1 is 1.17 bits per heavy atom. The van der Waals surface area contributed by atoms with E-state index in [4.69, 9.17) is 5.26 Å². The molecule has 3 nitrogen and oxygen atoms in total. The van der Waals surface area contributed by atoms with E-state index in [-0.39, 0.29) is 17.8 Å². The van der Waals surface area contributed by atoms with Gasteiger partial charge >= 0.3 is 0 Å². The fraction of sp³-hybridized carbons (Fsp3) is 0.238. The SMILES string of the molecule is CC1(C)C2=C(C(=O)c3ccc(CO)cc31)c1ccc(C#N)cc1C2. The summed E-state index contributed by atoms with van der Waals surface area (Å²) in [6, 6.07) is 13.3. The highest BCUT2D eigenvalue weighted by molar-refractivity contribution is 6.32. The standard InChI is InChI=1S/C21H17NO2/c1-21(2)17-8-13(11-23)4-6-16(17)20(24)19-15-5-3-12(10-22)7-14(15)9-18(19)21/h3-8,23H,9,11H2,1-2H3. The highest BCUT2D eigenvalue weighted by Gasteiger charge is 2.42. The maximum atomic E-state index is 13.1. The summed E-state index contributed by atoms with van der Waals surface area (Å²) in [6.07, 6.45) is 0.696. The lowest BCUT2D eigenvalue weighted by Gasteiger charge is -2.34. The van der Waals surface area contributed by atoms with E-state index in [1.807, 2.05) is 30.3 Å². The topological polar surface area (TPSA) is 61.1 Å². The fourth-order valence-electron chi connectivity index (χ4n) is 3.99. The number of carbonyl (C=O) groups is 1. The molecule has 3 heteroatoms. The quantitative estimate of drug-likeness (QED) is 0.875. The summed E-state index contributed by atoms with van der Waals surface area (Å²) < 4.78 is 0. The second kappa shape index (κ2) is 4.90. The molecule has 0 spiro atoms. The Labute approximate surface area is 140 Å². The number of benzene rings is 2. The molecule has 0 unspecified atom stereocenters. The molecule has 118 valence electrons. The van der Waals surface area contributed by atoms with E-state index < -0.39 is 0 Å². The van der Waals surface area contributed by atoms with Gasteiger partial charge in [0.05, 0.1) is 18.2 Å². The second-order valence-electron chi connectivity index (χ2n) is 7.01. The Hall–Kier alpha value is -2.70. The van der Waals surface area contributed by atoms with Gasteiger partial charge in [-0.2, -0.15) is 5.26 Å². The molecular weight excluding hydrogens is 298 g/mol. The molecule has 0 bridgehead atoms. The van der Waals surface area contributed by atoms with Crippen molar-refractivity contribution >= 4 is 11.4 Å². The summed E-state index contributed by atoms with van der Waals surface area (Å²) in [5, 5.41) is 18.6. The average molecular weight is 315 g/mol. The monoisotopic (exact) mass is 315 g/mol. The van der Waals surface area contributed by atoms with Crippen molar-refractivity contribution in [1.82, 2.24) is 0 Å². The summed E-state index contributed by atoms with van der Waals surface area (Å²) in [4.78, 5) is 13.1. The van der Waals surface area contributed by atoms with E-state index in [9.17, 15) is 9.90 Å². The third kappa shape index (κ3) is 1.84. The average Bonchev–Trinajstić information content (AvgIpc) is 2.99. The molecule has 0 radical (unpaired) electrons. The Balaban J connectivity index is 1.94. The van der Waals surface area contributed by atoms with Crippen molar-refractivity contribution < 1.29 is 9.90 Å². The number of rotatable bonds is 1. The maximum absolute atomic E-state index is 13.1. The van der Waals surface area contributed by atoms with Gasteiger partial charge in [-0.25, -0.2) is 0 Å². The Kier molecular flexibility index (Phi) is 3.03. The second-order valence-corrected chi connectivity index (χ2v) is 7.01. The van der Waals surface area contributed by atoms with E-state index in [0.29, 0.717) is 17.5 Å². The van der Waals surface area contributed by atoms with E-state index >= 15 is 0 Å². The normalized spacial score (nSPS) is 17.2. The molecule has 24 heavy (non-hydrogen) atoms. The molecule has 0 saturated heterocycles. The predicted octanol–water partition coefficient (Wildman–Crippen LogP) is 3.53. The number of nitriles is 1. The zero-order chi connectivity index (χ0) is 17.1. The van der Waals surface area contributed by atoms with E-state index in [0.717, 1.165) is 33.4 Å². The van der Waals surface area contributed by atoms with Gasteiger partial charge in [-0.05, 0) is 46.4 Å². The third-order valence-corrected chi connectivity index (χ3v) is 5.34. The molecule has 4 rings (SSSR count). The van der Waals surface area contributed by atoms with Crippen LogP contribution in [0.1, 0.15) is 52.0 Å². The van der Waals surface area contributed by atoms with Gasteiger partial charge < -0.3 is 5.11 Å². The molecule has 2 aliphatic rings. The minimum Gasteiger partial charge on any atom is -0.392 e. The number of nitrogens with zero attached hydrogens (tertiary/aromatic N) is 1. The third-order valence-electron chi connectivity index (χ3n) is 5.34. The van der Waals surface area contributed by atoms with Crippen molar-refractivity contribution in [3.05, 3.63) is 75.4 Å². The lowest BCUT2D eigenvalue weighted by molar-refractivity contribution is 0.105. The predicted molar refractivity (Wildman–Crippen MR) is 91.5 cm³/mol. The van der Waals surface area contributed by atoms with Gasteiger partial charge in [-0.1, -0.05) is 38.1 Å². The van der Waals surface area contributed by atoms with Crippen molar-refractivity contribution in [2.24, 2.45) is 0 Å². The zero-order valence-corrected chi connectivity index (χ0v) is 13.7. The van der Waals surface area contributed by atoms with E-state index in [1.165, 1.54) is 0 Å². The molecule has 0 aromatic heterocycles. The van der Waals surface area contributed by atoms with Gasteiger partial charge in [0, 0.05) is 16.6 Å². The highest BCUT2D eigenvalue weighted by atomic mass is 16.3. The molecule has 2 aromatic rings. The van der Waals surface area contributed by atoms with Crippen LogP contribution >= 0.6 is 0 Å². The first-order valence-corrected chi connectivity index (χ1v) is 8.03. The van der Waals surface area contributed by atoms with Gasteiger partial charge in [0.2, 0.25) is 0 Å². The number of hydrogen-bond donors (Lipinski definition) is 1. The van der Waals surface area contributed by atoms with Crippen LogP contribution < -0.4 is 0 Å². The van der Waals surface area contributed by atoms with Crippen LogP contribution in [-0.4, -0.2) is 10.9 Å². The van der Waals surface area contributed by atoms with Gasteiger partial charge in [0.25, 0.3) is 0 Å². The minimum absolute atomic E-state index is 0.0325. The molecular formula is C21H17NO2. The van der Waals surface area contributed by atoms with Crippen molar-refractivity contribution in [3.63, 3.8) is 0 Å². The highest BCUT2D eigenvalue weighted by Crippen LogP contribution is 2.49. The smallest absolute Gasteiger partial charge is 0.193 e. The summed E-state index contributed by atoms with van der Waals surface area (Å²) >= 11 is 0. The largest absolute Gasteiger partial charge is 0.392 e. The van der Waals surface area contributed by atoms with Crippen molar-refractivity contribution in [2.45, 2.75) is 32.3 Å². The number of allylic oxidation sites excluding steroid dienone is 2. The van der Waals surface area contributed by atoms with Gasteiger partial charge in [-0.15, -0.1) is 0 Å². The van der Waals surface area contributed by atoms with E-state index in [1.54, 1.807) is 6.07 Å². The van der Waals surface area contributed by atoms with Crippen molar-refractivity contribution in [2.75, 3.05) is 0 Å². The number of Topliss-reactive ketones (excluding diaryl/α,β-unsaturated/α-hetero) is 1. The number of aliphatic hydroxyl groups excluding tert-OH is 1. The zero-order valence-electron chi connectivity index (χ0n) is 13.7. The number of fused-ring (bicyclic) bond motifs is 3. The molecule has 1 N–H and O–H groups in total. The maximum Gasteiger partial charge on any atom is 0.193 e. The molecule has 0 amide bonds. The fourth-order valence-corrected chi connectivity index (χ4v) is 3.99. The lowest BCUT2D eigenvalue weighted by atomic mass is 9.68. The summed E-state index contributed by atoms with van der Waals surface area (Å²) in [5.41, 5.74) is 6.77. The van der Waals surface area contributed by atoms with Gasteiger partial charge in [0.1, 0.15) is 0 Å². The number of ketones is 1. The van der Waals surface area contributed by atoms with Crippen LogP contribution in [0.25, 0.3) is 5.57 Å². The summed E-state index contributed by atoms with van der Waals surface area (Å²) in [7, 11) is 0. The molecule has 0 aliphatic heterocycles. The van der Waals surface area contributed by atoms with Crippen LogP contribution in [0, 0.1) is 11.3 Å². The first-order chi connectivity index (χ1) is 11.5. The molecule has 0 fully saturated rings. The Bertz CT molecular complexity index is 974. The molecule has 0 heterocycles. The summed E-state index contributed by atoms with van der Waals surface area (Å²) in [6.45, 7) is 4.23. The first kappa shape index (κ1) is 14.9. The number of hydrogen-bond acceptors (Lipinski definition) is 3. The molecule has 0 atom stereocenters. The summed E-state index contributed by atoms with van der Waals surface area (Å²) in [5.74, 6) is 0.0484. The van der Waals surface area contributed by atoms with Crippen LogP contribution in [0.3, 0.4) is 0 Å². The Morgan fingerprint density at radius 3 is 2.62 bits per heavy atom.